The molecule has 0 saturated carbocycles. The van der Waals surface area contributed by atoms with Crippen LogP contribution in [-0.2, 0) is 4.74 Å². The van der Waals surface area contributed by atoms with Crippen LogP contribution in [0.25, 0.3) is 10.2 Å². The quantitative estimate of drug-likeness (QED) is 0.771. The first-order valence-corrected chi connectivity index (χ1v) is 6.83. The Bertz CT molecular complexity index is 615. The molecule has 0 saturated heterocycles. The monoisotopic (exact) mass is 274 g/mol. The Morgan fingerprint density at radius 3 is 2.95 bits per heavy atom. The second-order valence-corrected chi connectivity index (χ2v) is 5.19. The Labute approximate surface area is 115 Å². The molecule has 1 unspecified atom stereocenters. The van der Waals surface area contributed by atoms with Gasteiger partial charge in [-0.15, -0.1) is 0 Å². The lowest BCUT2D eigenvalue weighted by Gasteiger charge is -2.14. The lowest BCUT2D eigenvalue weighted by molar-refractivity contribution is 0.179. The number of aromatic nitrogens is 1. The summed E-state index contributed by atoms with van der Waals surface area (Å²) in [7, 11) is 1.68. The Kier molecular flexibility index (Phi) is 3.48. The molecule has 0 amide bonds. The predicted octanol–water partition coefficient (Wildman–Crippen LogP) is 3.69. The van der Waals surface area contributed by atoms with Gasteiger partial charge in [0.15, 0.2) is 5.13 Å². The summed E-state index contributed by atoms with van der Waals surface area (Å²) >= 11 is 1.63. The summed E-state index contributed by atoms with van der Waals surface area (Å²) in [5.74, 6) is 0.848. The standard InChI is InChI=1S/C14H14N2O2S/c1-17-9-11(12-6-4-8-18-12)16-14-15-10-5-2-3-7-13(10)19-14/h2-8,11H,9H2,1H3,(H,15,16). The molecule has 2 heterocycles. The molecule has 0 radical (unpaired) electrons. The van der Waals surface area contributed by atoms with E-state index in [4.69, 9.17) is 9.15 Å². The van der Waals surface area contributed by atoms with Crippen molar-refractivity contribution >= 4 is 26.7 Å². The van der Waals surface area contributed by atoms with Crippen molar-refractivity contribution in [2.45, 2.75) is 6.04 Å². The molecule has 3 aromatic rings. The van der Waals surface area contributed by atoms with Gasteiger partial charge in [0.05, 0.1) is 23.1 Å². The number of para-hydroxylation sites is 1. The van der Waals surface area contributed by atoms with E-state index in [1.54, 1.807) is 24.7 Å². The second kappa shape index (κ2) is 5.42. The van der Waals surface area contributed by atoms with E-state index in [2.05, 4.69) is 16.4 Å². The number of hydrogen-bond acceptors (Lipinski definition) is 5. The van der Waals surface area contributed by atoms with Crippen molar-refractivity contribution in [3.63, 3.8) is 0 Å². The molecule has 0 bridgehead atoms. The van der Waals surface area contributed by atoms with E-state index in [1.165, 1.54) is 4.70 Å². The highest BCUT2D eigenvalue weighted by Crippen LogP contribution is 2.28. The zero-order chi connectivity index (χ0) is 13.1. The van der Waals surface area contributed by atoms with Gasteiger partial charge in [-0.2, -0.15) is 0 Å². The number of hydrogen-bond donors (Lipinski definition) is 1. The molecule has 0 aliphatic heterocycles. The number of rotatable bonds is 5. The first kappa shape index (κ1) is 12.2. The summed E-state index contributed by atoms with van der Waals surface area (Å²) in [6.07, 6.45) is 1.66. The number of fused-ring (bicyclic) bond motifs is 1. The Balaban J connectivity index is 1.85. The number of thiazole rings is 1. The second-order valence-electron chi connectivity index (χ2n) is 4.15. The van der Waals surface area contributed by atoms with Crippen LogP contribution >= 0.6 is 11.3 Å². The molecule has 1 N–H and O–H groups in total. The maximum Gasteiger partial charge on any atom is 0.184 e. The van der Waals surface area contributed by atoms with Gasteiger partial charge in [0.2, 0.25) is 0 Å². The number of nitrogens with one attached hydrogen (secondary N) is 1. The summed E-state index contributed by atoms with van der Waals surface area (Å²) in [6.45, 7) is 0.531. The molecule has 0 fully saturated rings. The third kappa shape index (κ3) is 2.62. The van der Waals surface area contributed by atoms with E-state index in [0.717, 1.165) is 16.4 Å². The fourth-order valence-corrected chi connectivity index (χ4v) is 2.85. The molecule has 19 heavy (non-hydrogen) atoms. The minimum Gasteiger partial charge on any atom is -0.467 e. The summed E-state index contributed by atoms with van der Waals surface area (Å²) in [5, 5.41) is 4.24. The molecule has 1 atom stereocenters. The predicted molar refractivity (Wildman–Crippen MR) is 76.6 cm³/mol. The van der Waals surface area contributed by atoms with Gasteiger partial charge in [-0.1, -0.05) is 23.5 Å². The normalized spacial score (nSPS) is 12.7. The Hall–Kier alpha value is -1.85. The van der Waals surface area contributed by atoms with Crippen LogP contribution in [0.5, 0.6) is 0 Å². The van der Waals surface area contributed by atoms with Gasteiger partial charge in [0.25, 0.3) is 0 Å². The van der Waals surface area contributed by atoms with Gasteiger partial charge >= 0.3 is 0 Å². The van der Waals surface area contributed by atoms with Crippen molar-refractivity contribution in [2.75, 3.05) is 19.0 Å². The Morgan fingerprint density at radius 2 is 2.21 bits per heavy atom. The highest BCUT2D eigenvalue weighted by atomic mass is 32.1. The third-order valence-corrected chi connectivity index (χ3v) is 3.78. The topological polar surface area (TPSA) is 47.3 Å². The third-order valence-electron chi connectivity index (χ3n) is 2.81. The van der Waals surface area contributed by atoms with Gasteiger partial charge in [-0.25, -0.2) is 4.98 Å². The number of anilines is 1. The number of nitrogens with zero attached hydrogens (tertiary/aromatic N) is 1. The molecule has 0 spiro atoms. The van der Waals surface area contributed by atoms with Crippen LogP contribution in [0.4, 0.5) is 5.13 Å². The van der Waals surface area contributed by atoms with Crippen molar-refractivity contribution in [3.05, 3.63) is 48.4 Å². The van der Waals surface area contributed by atoms with Crippen LogP contribution in [-0.4, -0.2) is 18.7 Å². The van der Waals surface area contributed by atoms with Crippen LogP contribution in [0.3, 0.4) is 0 Å². The van der Waals surface area contributed by atoms with Gasteiger partial charge in [0.1, 0.15) is 11.8 Å². The van der Waals surface area contributed by atoms with Crippen LogP contribution in [0.15, 0.2) is 47.1 Å². The zero-order valence-electron chi connectivity index (χ0n) is 10.5. The van der Waals surface area contributed by atoms with E-state index in [9.17, 15) is 0 Å². The average molecular weight is 274 g/mol. The highest BCUT2D eigenvalue weighted by Gasteiger charge is 2.16. The summed E-state index contributed by atoms with van der Waals surface area (Å²) in [5.41, 5.74) is 1.01. The maximum atomic E-state index is 5.43. The van der Waals surface area contributed by atoms with E-state index in [1.807, 2.05) is 30.3 Å². The first-order valence-electron chi connectivity index (χ1n) is 6.01. The van der Waals surface area contributed by atoms with Crippen molar-refractivity contribution < 1.29 is 9.15 Å². The molecule has 0 aliphatic carbocycles. The van der Waals surface area contributed by atoms with Gasteiger partial charge in [-0.05, 0) is 24.3 Å². The largest absolute Gasteiger partial charge is 0.467 e. The minimum atomic E-state index is -0.0273. The molecule has 98 valence electrons. The van der Waals surface area contributed by atoms with Crippen molar-refractivity contribution in [1.82, 2.24) is 4.98 Å². The van der Waals surface area contributed by atoms with Crippen molar-refractivity contribution in [1.29, 1.82) is 0 Å². The van der Waals surface area contributed by atoms with Crippen molar-refractivity contribution in [2.24, 2.45) is 0 Å². The Morgan fingerprint density at radius 1 is 1.32 bits per heavy atom. The highest BCUT2D eigenvalue weighted by molar-refractivity contribution is 7.22. The summed E-state index contributed by atoms with van der Waals surface area (Å²) < 4.78 is 11.8. The molecule has 0 aliphatic rings. The molecular formula is C14H14N2O2S. The van der Waals surface area contributed by atoms with Crippen LogP contribution < -0.4 is 5.32 Å². The lowest BCUT2D eigenvalue weighted by atomic mass is 10.2. The SMILES string of the molecule is COCC(Nc1nc2ccccc2s1)c1ccco1. The molecule has 1 aromatic carbocycles. The van der Waals surface area contributed by atoms with E-state index < -0.39 is 0 Å². The fourth-order valence-electron chi connectivity index (χ4n) is 1.93. The molecule has 4 nitrogen and oxygen atoms in total. The van der Waals surface area contributed by atoms with Crippen molar-refractivity contribution in [3.8, 4) is 0 Å². The average Bonchev–Trinajstić information content (AvgIpc) is 3.07. The van der Waals surface area contributed by atoms with Crippen LogP contribution in [0.2, 0.25) is 0 Å². The molecule has 2 aromatic heterocycles. The first-order chi connectivity index (χ1) is 9.36. The number of ether oxygens (including phenoxy) is 1. The molecule has 3 rings (SSSR count). The summed E-state index contributed by atoms with van der Waals surface area (Å²) in [4.78, 5) is 4.55. The van der Waals surface area contributed by atoms with Gasteiger partial charge in [0, 0.05) is 7.11 Å². The van der Waals surface area contributed by atoms with Gasteiger partial charge in [-0.3, -0.25) is 0 Å². The zero-order valence-corrected chi connectivity index (χ0v) is 11.3. The van der Waals surface area contributed by atoms with Crippen LogP contribution in [0.1, 0.15) is 11.8 Å². The van der Waals surface area contributed by atoms with Gasteiger partial charge < -0.3 is 14.5 Å². The van der Waals surface area contributed by atoms with E-state index >= 15 is 0 Å². The van der Waals surface area contributed by atoms with E-state index in [-0.39, 0.29) is 6.04 Å². The minimum absolute atomic E-state index is 0.0273. The van der Waals surface area contributed by atoms with Crippen LogP contribution in [0, 0.1) is 0 Å². The van der Waals surface area contributed by atoms with E-state index in [0.29, 0.717) is 6.61 Å². The number of methoxy groups -OCH3 is 1. The maximum absolute atomic E-state index is 5.43. The molecule has 5 heteroatoms. The smallest absolute Gasteiger partial charge is 0.184 e. The lowest BCUT2D eigenvalue weighted by Crippen LogP contribution is -2.15. The molecular weight excluding hydrogens is 260 g/mol. The fraction of sp³-hybridized carbons (Fsp3) is 0.214. The summed E-state index contributed by atoms with van der Waals surface area (Å²) in [6, 6.07) is 11.9. The number of furan rings is 1. The number of benzene rings is 1.